The van der Waals surface area contributed by atoms with Crippen LogP contribution < -0.4 is 9.46 Å². The summed E-state index contributed by atoms with van der Waals surface area (Å²) in [6.45, 7) is 0. The average molecular weight is 419 g/mol. The number of carboxylic acid groups (broad SMARTS) is 1. The lowest BCUT2D eigenvalue weighted by Crippen LogP contribution is -2.14. The number of benzene rings is 4. The molecule has 0 radical (unpaired) electrons. The first-order chi connectivity index (χ1) is 14.5. The largest absolute Gasteiger partial charge is 0.588 e. The molecule has 0 heterocycles. The smallest absolute Gasteiger partial charge is 0.339 e. The van der Waals surface area contributed by atoms with Gasteiger partial charge in [0.1, 0.15) is 34.2 Å². The quantitative estimate of drug-likeness (QED) is 0.373. The molecule has 6 nitrogen and oxygen atoms in total. The predicted octanol–water partition coefficient (Wildman–Crippen LogP) is 5.17. The lowest BCUT2D eigenvalue weighted by atomic mass is 10.1. The Morgan fingerprint density at radius 3 is 2.13 bits per heavy atom. The molecule has 4 aromatic rings. The molecular weight excluding hydrogens is 402 g/mol. The monoisotopic (exact) mass is 419 g/mol. The Kier molecular flexibility index (Phi) is 5.47. The zero-order chi connectivity index (χ0) is 21.1. The normalized spacial score (nSPS) is 11.8. The molecule has 0 amide bonds. The number of para-hydroxylation sites is 1. The van der Waals surface area contributed by atoms with Gasteiger partial charge >= 0.3 is 5.97 Å². The molecule has 4 rings (SSSR count). The van der Waals surface area contributed by atoms with Crippen molar-refractivity contribution in [1.82, 2.24) is 0 Å². The van der Waals surface area contributed by atoms with E-state index in [2.05, 4.69) is 4.72 Å². The van der Waals surface area contributed by atoms with Gasteiger partial charge in [0.05, 0.1) is 5.69 Å². The lowest BCUT2D eigenvalue weighted by molar-refractivity contribution is 0.0693. The number of ether oxygens (including phenoxy) is 1. The second-order valence-corrected chi connectivity index (χ2v) is 7.61. The molecule has 0 aliphatic rings. The van der Waals surface area contributed by atoms with E-state index in [0.717, 1.165) is 0 Å². The number of anilines is 1. The number of hydrogen-bond acceptors (Lipinski definition) is 5. The topological polar surface area (TPSA) is 102 Å². The van der Waals surface area contributed by atoms with E-state index in [1.165, 1.54) is 6.07 Å². The van der Waals surface area contributed by atoms with Gasteiger partial charge < -0.3 is 19.5 Å². The van der Waals surface area contributed by atoms with Crippen LogP contribution in [0.5, 0.6) is 17.2 Å². The van der Waals surface area contributed by atoms with Crippen molar-refractivity contribution in [2.24, 2.45) is 0 Å². The zero-order valence-electron chi connectivity index (χ0n) is 15.6. The Balaban J connectivity index is 1.59. The second kappa shape index (κ2) is 8.36. The van der Waals surface area contributed by atoms with Crippen molar-refractivity contribution in [1.29, 1.82) is 0 Å². The van der Waals surface area contributed by atoms with Gasteiger partial charge in [0.25, 0.3) is 0 Å². The van der Waals surface area contributed by atoms with Gasteiger partial charge in [-0.15, -0.1) is 0 Å². The van der Waals surface area contributed by atoms with Crippen LogP contribution in [-0.2, 0) is 11.4 Å². The van der Waals surface area contributed by atoms with E-state index in [4.69, 9.17) is 4.74 Å². The summed E-state index contributed by atoms with van der Waals surface area (Å²) >= 11 is -1.75. The summed E-state index contributed by atoms with van der Waals surface area (Å²) in [6.07, 6.45) is 0. The number of carboxylic acids is 1. The van der Waals surface area contributed by atoms with Crippen LogP contribution >= 0.6 is 0 Å². The fraction of sp³-hybridized carbons (Fsp3) is 0. The third kappa shape index (κ3) is 4.03. The lowest BCUT2D eigenvalue weighted by Gasteiger charge is -2.15. The Labute approximate surface area is 175 Å². The molecule has 0 spiro atoms. The van der Waals surface area contributed by atoms with E-state index in [1.54, 1.807) is 48.5 Å². The molecule has 1 unspecified atom stereocenters. The minimum Gasteiger partial charge on any atom is -0.588 e. The van der Waals surface area contributed by atoms with Gasteiger partial charge in [0, 0.05) is 16.8 Å². The minimum atomic E-state index is -1.75. The molecular formula is C23H17NO5S. The standard InChI is InChI=1S/C23H17NO5S/c25-22-19-9-5-4-8-18(19)21(14-20(22)23(26)27)30(28)24-15-10-12-17(13-11-15)29-16-6-2-1-3-7-16/h1-14,24-25H,(H,26,27). The van der Waals surface area contributed by atoms with Crippen molar-refractivity contribution in [2.75, 3.05) is 4.72 Å². The van der Waals surface area contributed by atoms with E-state index in [0.29, 0.717) is 28.0 Å². The maximum absolute atomic E-state index is 13.0. The second-order valence-electron chi connectivity index (χ2n) is 6.43. The third-order valence-electron chi connectivity index (χ3n) is 4.45. The first-order valence-electron chi connectivity index (χ1n) is 9.02. The summed E-state index contributed by atoms with van der Waals surface area (Å²) in [6, 6.07) is 24.2. The van der Waals surface area contributed by atoms with Crippen molar-refractivity contribution in [2.45, 2.75) is 4.90 Å². The maximum atomic E-state index is 13.0. The predicted molar refractivity (Wildman–Crippen MR) is 116 cm³/mol. The van der Waals surface area contributed by atoms with Crippen molar-refractivity contribution in [3.63, 3.8) is 0 Å². The summed E-state index contributed by atoms with van der Waals surface area (Å²) < 4.78 is 21.6. The van der Waals surface area contributed by atoms with Gasteiger partial charge in [-0.1, -0.05) is 36.4 Å². The molecule has 4 aromatic carbocycles. The molecule has 1 atom stereocenters. The van der Waals surface area contributed by atoms with E-state index >= 15 is 0 Å². The van der Waals surface area contributed by atoms with Crippen molar-refractivity contribution in [3.05, 3.63) is 90.5 Å². The highest BCUT2D eigenvalue weighted by Crippen LogP contribution is 2.35. The molecule has 0 aliphatic carbocycles. The number of rotatable bonds is 6. The Hall–Kier alpha value is -3.68. The van der Waals surface area contributed by atoms with Crippen molar-refractivity contribution < 1.29 is 24.3 Å². The van der Waals surface area contributed by atoms with Crippen LogP contribution in [0.15, 0.2) is 89.8 Å². The summed E-state index contributed by atoms with van der Waals surface area (Å²) in [7, 11) is 0. The number of nitrogens with one attached hydrogen (secondary N) is 1. The fourth-order valence-electron chi connectivity index (χ4n) is 3.02. The molecule has 0 aromatic heterocycles. The number of carbonyl (C=O) groups is 1. The number of phenols is 1. The summed E-state index contributed by atoms with van der Waals surface area (Å²) in [5.41, 5.74) is 0.272. The zero-order valence-corrected chi connectivity index (χ0v) is 16.4. The molecule has 0 saturated carbocycles. The summed E-state index contributed by atoms with van der Waals surface area (Å²) in [4.78, 5) is 11.8. The Morgan fingerprint density at radius 2 is 1.47 bits per heavy atom. The first-order valence-corrected chi connectivity index (χ1v) is 10.2. The van der Waals surface area contributed by atoms with Gasteiger partial charge in [-0.2, -0.15) is 0 Å². The highest BCUT2D eigenvalue weighted by atomic mass is 32.2. The number of aromatic carboxylic acids is 1. The van der Waals surface area contributed by atoms with E-state index in [9.17, 15) is 19.6 Å². The van der Waals surface area contributed by atoms with E-state index in [-0.39, 0.29) is 16.2 Å². The van der Waals surface area contributed by atoms with Gasteiger partial charge in [-0.3, -0.25) is 0 Å². The molecule has 3 N–H and O–H groups in total. The van der Waals surface area contributed by atoms with Gasteiger partial charge in [-0.25, -0.2) is 9.52 Å². The fourth-order valence-corrected chi connectivity index (χ4v) is 4.08. The van der Waals surface area contributed by atoms with Gasteiger partial charge in [-0.05, 0) is 42.5 Å². The van der Waals surface area contributed by atoms with Crippen LogP contribution in [0.25, 0.3) is 10.8 Å². The third-order valence-corrected chi connectivity index (χ3v) is 5.61. The SMILES string of the molecule is O=C(O)c1cc([S+]([O-])Nc2ccc(Oc3ccccc3)cc2)c2ccccc2c1O. The van der Waals surface area contributed by atoms with Crippen LogP contribution in [0.3, 0.4) is 0 Å². The van der Waals surface area contributed by atoms with Gasteiger partial charge in [0.2, 0.25) is 0 Å². The number of aromatic hydroxyl groups is 1. The molecule has 7 heteroatoms. The van der Waals surface area contributed by atoms with E-state index < -0.39 is 17.3 Å². The molecule has 0 fully saturated rings. The Bertz CT molecular complexity index is 1200. The van der Waals surface area contributed by atoms with Crippen molar-refractivity contribution >= 4 is 33.8 Å². The molecule has 0 aliphatic heterocycles. The molecule has 0 bridgehead atoms. The average Bonchev–Trinajstić information content (AvgIpc) is 2.76. The van der Waals surface area contributed by atoms with Crippen LogP contribution in [0.4, 0.5) is 5.69 Å². The molecule has 150 valence electrons. The van der Waals surface area contributed by atoms with Crippen LogP contribution in [0, 0.1) is 0 Å². The van der Waals surface area contributed by atoms with Crippen molar-refractivity contribution in [3.8, 4) is 17.2 Å². The minimum absolute atomic E-state index is 0.269. The van der Waals surface area contributed by atoms with Crippen LogP contribution in [-0.4, -0.2) is 20.7 Å². The highest BCUT2D eigenvalue weighted by Gasteiger charge is 2.23. The summed E-state index contributed by atoms with van der Waals surface area (Å²) in [5, 5.41) is 20.5. The van der Waals surface area contributed by atoms with E-state index in [1.807, 2.05) is 30.3 Å². The van der Waals surface area contributed by atoms with Crippen LogP contribution in [0.2, 0.25) is 0 Å². The number of fused-ring (bicyclic) bond motifs is 1. The highest BCUT2D eigenvalue weighted by molar-refractivity contribution is 7.93. The Morgan fingerprint density at radius 1 is 0.867 bits per heavy atom. The number of hydrogen-bond donors (Lipinski definition) is 3. The molecule has 0 saturated heterocycles. The maximum Gasteiger partial charge on any atom is 0.339 e. The van der Waals surface area contributed by atoms with Crippen LogP contribution in [0.1, 0.15) is 10.4 Å². The molecule has 30 heavy (non-hydrogen) atoms. The van der Waals surface area contributed by atoms with Gasteiger partial charge in [0.15, 0.2) is 4.90 Å². The first kappa shape index (κ1) is 19.6. The summed E-state index contributed by atoms with van der Waals surface area (Å²) in [5.74, 6) is -0.306.